The normalized spacial score (nSPS) is 15.3. The van der Waals surface area contributed by atoms with Crippen LogP contribution in [0.1, 0.15) is 5.56 Å². The number of oxazole rings is 1. The van der Waals surface area contributed by atoms with Crippen molar-refractivity contribution in [1.29, 1.82) is 0 Å². The Morgan fingerprint density at radius 2 is 1.81 bits per heavy atom. The zero-order chi connectivity index (χ0) is 22.0. The molecule has 1 saturated heterocycles. The van der Waals surface area contributed by atoms with Gasteiger partial charge in [0.2, 0.25) is 15.9 Å². The number of nitrogens with zero attached hydrogens (tertiary/aromatic N) is 3. The van der Waals surface area contributed by atoms with Crippen LogP contribution in [-0.2, 0) is 32.6 Å². The number of hydrogen-bond donors (Lipinski definition) is 0. The summed E-state index contributed by atoms with van der Waals surface area (Å²) in [6.45, 7) is 1.43. The molecule has 0 spiro atoms. The van der Waals surface area contributed by atoms with Crippen LogP contribution >= 0.6 is 0 Å². The van der Waals surface area contributed by atoms with Crippen LogP contribution in [0.4, 0.5) is 0 Å². The highest BCUT2D eigenvalue weighted by molar-refractivity contribution is 7.89. The van der Waals surface area contributed by atoms with E-state index in [0.717, 1.165) is 5.56 Å². The van der Waals surface area contributed by atoms with E-state index >= 15 is 0 Å². The van der Waals surface area contributed by atoms with Gasteiger partial charge in [0.1, 0.15) is 6.54 Å². The average Bonchev–Trinajstić information content (AvgIpc) is 3.09. The van der Waals surface area contributed by atoms with Crippen molar-refractivity contribution in [2.45, 2.75) is 18.0 Å². The summed E-state index contributed by atoms with van der Waals surface area (Å²) in [6, 6.07) is 13.8. The van der Waals surface area contributed by atoms with Gasteiger partial charge in [0.25, 0.3) is 0 Å². The maximum Gasteiger partial charge on any atom is 0.420 e. The first-order valence-electron chi connectivity index (χ1n) is 9.85. The van der Waals surface area contributed by atoms with Crippen LogP contribution in [-0.4, -0.2) is 61.4 Å². The van der Waals surface area contributed by atoms with Crippen LogP contribution in [0.3, 0.4) is 0 Å². The Kier molecular flexibility index (Phi) is 5.94. The summed E-state index contributed by atoms with van der Waals surface area (Å²) >= 11 is 0. The Bertz CT molecular complexity index is 1240. The summed E-state index contributed by atoms with van der Waals surface area (Å²) in [6.07, 6.45) is 0. The van der Waals surface area contributed by atoms with Gasteiger partial charge < -0.3 is 14.1 Å². The fraction of sp³-hybridized carbons (Fsp3) is 0.333. The van der Waals surface area contributed by atoms with Crippen molar-refractivity contribution >= 4 is 27.0 Å². The highest BCUT2D eigenvalue weighted by atomic mass is 32.2. The van der Waals surface area contributed by atoms with Crippen molar-refractivity contribution in [2.75, 3.05) is 33.4 Å². The minimum absolute atomic E-state index is 0.0373. The number of sulfonamides is 1. The largest absolute Gasteiger partial charge is 0.420 e. The summed E-state index contributed by atoms with van der Waals surface area (Å²) in [5.41, 5.74) is 1.46. The molecule has 0 atom stereocenters. The fourth-order valence-corrected chi connectivity index (χ4v) is 4.92. The lowest BCUT2D eigenvalue weighted by molar-refractivity contribution is -0.131. The van der Waals surface area contributed by atoms with E-state index < -0.39 is 15.8 Å². The van der Waals surface area contributed by atoms with Crippen LogP contribution in [0, 0.1) is 0 Å². The van der Waals surface area contributed by atoms with Crippen LogP contribution in [0.5, 0.6) is 0 Å². The van der Waals surface area contributed by atoms with Gasteiger partial charge in [0.05, 0.1) is 23.6 Å². The fourth-order valence-electron chi connectivity index (χ4n) is 3.49. The molecule has 9 nitrogen and oxygen atoms in total. The number of aromatic nitrogens is 1. The summed E-state index contributed by atoms with van der Waals surface area (Å²) in [7, 11) is -2.06. The van der Waals surface area contributed by atoms with E-state index in [2.05, 4.69) is 0 Å². The second kappa shape index (κ2) is 8.66. The van der Waals surface area contributed by atoms with Gasteiger partial charge >= 0.3 is 5.76 Å². The minimum atomic E-state index is -3.72. The Hall–Kier alpha value is -2.95. The van der Waals surface area contributed by atoms with Crippen molar-refractivity contribution in [3.8, 4) is 0 Å². The molecule has 3 aromatic rings. The van der Waals surface area contributed by atoms with Gasteiger partial charge in [-0.2, -0.15) is 4.31 Å². The standard InChI is InChI=1S/C21H23N3O6S/c1-22(14-16-5-3-2-4-6-16)20(25)15-24-18-8-7-17(13-19(18)30-21(24)26)31(27,28)23-9-11-29-12-10-23/h2-8,13H,9-12,14-15H2,1H3. The predicted octanol–water partition coefficient (Wildman–Crippen LogP) is 1.27. The van der Waals surface area contributed by atoms with E-state index in [1.165, 1.54) is 32.0 Å². The number of carbonyl (C=O) groups is 1. The van der Waals surface area contributed by atoms with E-state index in [-0.39, 0.29) is 36.0 Å². The summed E-state index contributed by atoms with van der Waals surface area (Å²) in [4.78, 5) is 26.6. The number of morpholine rings is 1. The Morgan fingerprint density at radius 3 is 2.52 bits per heavy atom. The molecule has 1 aliphatic heterocycles. The first-order valence-corrected chi connectivity index (χ1v) is 11.3. The third-order valence-electron chi connectivity index (χ3n) is 5.23. The molecule has 0 aliphatic carbocycles. The van der Waals surface area contributed by atoms with Gasteiger partial charge in [-0.3, -0.25) is 9.36 Å². The monoisotopic (exact) mass is 445 g/mol. The third kappa shape index (κ3) is 4.41. The second-order valence-electron chi connectivity index (χ2n) is 7.34. The van der Waals surface area contributed by atoms with E-state index in [0.29, 0.717) is 25.3 Å². The highest BCUT2D eigenvalue weighted by Crippen LogP contribution is 2.22. The minimum Gasteiger partial charge on any atom is -0.408 e. The number of rotatable bonds is 6. The average molecular weight is 445 g/mol. The van der Waals surface area contributed by atoms with Crippen molar-refractivity contribution in [2.24, 2.45) is 0 Å². The van der Waals surface area contributed by atoms with E-state index in [4.69, 9.17) is 9.15 Å². The zero-order valence-corrected chi connectivity index (χ0v) is 17.9. The topological polar surface area (TPSA) is 102 Å². The summed E-state index contributed by atoms with van der Waals surface area (Å²) in [5.74, 6) is -0.976. The van der Waals surface area contributed by atoms with Gasteiger partial charge in [-0.05, 0) is 17.7 Å². The van der Waals surface area contributed by atoms with Crippen LogP contribution in [0.2, 0.25) is 0 Å². The molecule has 10 heteroatoms. The molecule has 0 saturated carbocycles. The first kappa shape index (κ1) is 21.3. The molecule has 1 aromatic heterocycles. The van der Waals surface area contributed by atoms with Gasteiger partial charge in [-0.25, -0.2) is 13.2 Å². The van der Waals surface area contributed by atoms with E-state index in [1.54, 1.807) is 7.05 Å². The summed E-state index contributed by atoms with van der Waals surface area (Å²) in [5, 5.41) is 0. The number of hydrogen-bond acceptors (Lipinski definition) is 6. The number of amides is 1. The smallest absolute Gasteiger partial charge is 0.408 e. The molecule has 4 rings (SSSR count). The highest BCUT2D eigenvalue weighted by Gasteiger charge is 2.27. The molecule has 0 bridgehead atoms. The number of fused-ring (bicyclic) bond motifs is 1. The molecule has 1 aliphatic rings. The Labute approximate surface area is 179 Å². The predicted molar refractivity (Wildman–Crippen MR) is 113 cm³/mol. The molecule has 164 valence electrons. The lowest BCUT2D eigenvalue weighted by Gasteiger charge is -2.25. The summed E-state index contributed by atoms with van der Waals surface area (Å²) < 4.78 is 38.7. The Morgan fingerprint density at radius 1 is 1.10 bits per heavy atom. The molecular formula is C21H23N3O6S. The van der Waals surface area contributed by atoms with Crippen LogP contribution in [0.25, 0.3) is 11.1 Å². The van der Waals surface area contributed by atoms with Gasteiger partial charge in [0, 0.05) is 32.7 Å². The molecule has 2 heterocycles. The van der Waals surface area contributed by atoms with E-state index in [1.807, 2.05) is 30.3 Å². The molecular weight excluding hydrogens is 422 g/mol. The van der Waals surface area contributed by atoms with Crippen molar-refractivity contribution in [1.82, 2.24) is 13.8 Å². The number of carbonyl (C=O) groups excluding carboxylic acids is 1. The number of ether oxygens (including phenoxy) is 1. The maximum atomic E-state index is 12.8. The van der Waals surface area contributed by atoms with Gasteiger partial charge in [-0.1, -0.05) is 30.3 Å². The zero-order valence-electron chi connectivity index (χ0n) is 17.1. The molecule has 0 unspecified atom stereocenters. The molecule has 1 fully saturated rings. The third-order valence-corrected chi connectivity index (χ3v) is 7.12. The van der Waals surface area contributed by atoms with Crippen molar-refractivity contribution in [3.63, 3.8) is 0 Å². The van der Waals surface area contributed by atoms with Crippen molar-refractivity contribution < 1.29 is 22.4 Å². The number of likely N-dealkylation sites (N-methyl/N-ethyl adjacent to an activating group) is 1. The molecule has 0 radical (unpaired) electrons. The maximum absolute atomic E-state index is 12.8. The SMILES string of the molecule is CN(Cc1ccccc1)C(=O)Cn1c(=O)oc2cc(S(=O)(=O)N3CCOCC3)ccc21. The first-order chi connectivity index (χ1) is 14.9. The second-order valence-corrected chi connectivity index (χ2v) is 9.27. The van der Waals surface area contributed by atoms with Gasteiger partial charge in [-0.15, -0.1) is 0 Å². The molecule has 0 N–H and O–H groups in total. The number of benzene rings is 2. The molecule has 1 amide bonds. The van der Waals surface area contributed by atoms with Crippen LogP contribution in [0.15, 0.2) is 62.6 Å². The molecule has 2 aromatic carbocycles. The lowest BCUT2D eigenvalue weighted by atomic mass is 10.2. The van der Waals surface area contributed by atoms with Gasteiger partial charge in [0.15, 0.2) is 5.58 Å². The molecule has 31 heavy (non-hydrogen) atoms. The van der Waals surface area contributed by atoms with E-state index in [9.17, 15) is 18.0 Å². The van der Waals surface area contributed by atoms with Crippen molar-refractivity contribution in [3.05, 3.63) is 64.6 Å². The lowest BCUT2D eigenvalue weighted by Crippen LogP contribution is -2.40. The Balaban J connectivity index is 1.56. The van der Waals surface area contributed by atoms with Crippen LogP contribution < -0.4 is 5.76 Å². The quantitative estimate of drug-likeness (QED) is 0.566.